The van der Waals surface area contributed by atoms with E-state index in [1.54, 1.807) is 0 Å². The number of aryl methyl sites for hydroxylation is 4. The van der Waals surface area contributed by atoms with E-state index in [-0.39, 0.29) is 0 Å². The molecule has 0 atom stereocenters. The van der Waals surface area contributed by atoms with Crippen molar-refractivity contribution in [2.24, 2.45) is 0 Å². The number of benzene rings is 1. The zero-order valence-corrected chi connectivity index (χ0v) is 14.7. The molecule has 0 aliphatic rings. The summed E-state index contributed by atoms with van der Waals surface area (Å²) in [4.78, 5) is 9.61. The van der Waals surface area contributed by atoms with Gasteiger partial charge in [-0.3, -0.25) is 4.57 Å². The van der Waals surface area contributed by atoms with Gasteiger partial charge < -0.3 is 0 Å². The molecule has 0 amide bonds. The number of nitrogens with zero attached hydrogens (tertiary/aromatic N) is 3. The van der Waals surface area contributed by atoms with Crippen molar-refractivity contribution in [3.05, 3.63) is 53.0 Å². The molecule has 0 aliphatic carbocycles. The van der Waals surface area contributed by atoms with Gasteiger partial charge in [-0.25, -0.2) is 9.97 Å². The van der Waals surface area contributed by atoms with Gasteiger partial charge in [-0.05, 0) is 56.0 Å². The van der Waals surface area contributed by atoms with Crippen molar-refractivity contribution in [2.45, 2.75) is 40.0 Å². The summed E-state index contributed by atoms with van der Waals surface area (Å²) < 4.78 is 2.20. The first-order valence-electron chi connectivity index (χ1n) is 8.15. The Morgan fingerprint density at radius 2 is 1.78 bits per heavy atom. The molecule has 3 nitrogen and oxygen atoms in total. The quantitative estimate of drug-likeness (QED) is 0.632. The number of fused-ring (bicyclic) bond motifs is 1. The normalized spacial score (nSPS) is 11.3. The molecule has 0 unspecified atom stereocenters. The maximum absolute atomic E-state index is 5.83. The molecule has 3 aromatic rings. The first-order chi connectivity index (χ1) is 11.1. The van der Waals surface area contributed by atoms with Crippen LogP contribution in [0, 0.1) is 13.8 Å². The molecule has 0 fully saturated rings. The zero-order chi connectivity index (χ0) is 16.4. The fraction of sp³-hybridized carbons (Fsp3) is 0.368. The van der Waals surface area contributed by atoms with Gasteiger partial charge in [0.15, 0.2) is 5.65 Å². The summed E-state index contributed by atoms with van der Waals surface area (Å²) in [7, 11) is 0. The van der Waals surface area contributed by atoms with Crippen LogP contribution < -0.4 is 0 Å². The van der Waals surface area contributed by atoms with Gasteiger partial charge >= 0.3 is 0 Å². The summed E-state index contributed by atoms with van der Waals surface area (Å²) in [6.45, 7) is 6.32. The predicted octanol–water partition coefficient (Wildman–Crippen LogP) is 4.77. The fourth-order valence-electron chi connectivity index (χ4n) is 2.99. The Kier molecular flexibility index (Phi) is 4.67. The Hall–Kier alpha value is -1.87. The van der Waals surface area contributed by atoms with E-state index in [1.807, 2.05) is 6.92 Å². The van der Waals surface area contributed by atoms with Crippen LogP contribution in [0.4, 0.5) is 0 Å². The summed E-state index contributed by atoms with van der Waals surface area (Å²) in [5.74, 6) is 1.72. The fourth-order valence-corrected chi connectivity index (χ4v) is 3.21. The van der Waals surface area contributed by atoms with Gasteiger partial charge in [-0.1, -0.05) is 19.1 Å². The van der Waals surface area contributed by atoms with E-state index in [1.165, 1.54) is 11.1 Å². The minimum Gasteiger partial charge on any atom is -0.281 e. The highest BCUT2D eigenvalue weighted by Crippen LogP contribution is 2.24. The highest BCUT2D eigenvalue weighted by molar-refractivity contribution is 6.17. The third-order valence-electron chi connectivity index (χ3n) is 4.06. The molecule has 1 aromatic carbocycles. The summed E-state index contributed by atoms with van der Waals surface area (Å²) in [6, 6.07) is 10.7. The second kappa shape index (κ2) is 6.71. The summed E-state index contributed by atoms with van der Waals surface area (Å²) in [5.41, 5.74) is 6.54. The van der Waals surface area contributed by atoms with Crippen LogP contribution >= 0.6 is 11.6 Å². The maximum atomic E-state index is 5.83. The molecule has 4 heteroatoms. The van der Waals surface area contributed by atoms with Gasteiger partial charge in [0.2, 0.25) is 0 Å². The van der Waals surface area contributed by atoms with E-state index < -0.39 is 0 Å². The molecule has 23 heavy (non-hydrogen) atoms. The monoisotopic (exact) mass is 327 g/mol. The van der Waals surface area contributed by atoms with Gasteiger partial charge in [0.1, 0.15) is 11.3 Å². The van der Waals surface area contributed by atoms with Crippen molar-refractivity contribution in [2.75, 3.05) is 5.88 Å². The van der Waals surface area contributed by atoms with Crippen molar-refractivity contribution in [3.8, 4) is 5.69 Å². The Bertz CT molecular complexity index is 819. The smallest absolute Gasteiger partial charge is 0.165 e. The van der Waals surface area contributed by atoms with E-state index in [4.69, 9.17) is 21.6 Å². The third-order valence-corrected chi connectivity index (χ3v) is 4.24. The van der Waals surface area contributed by atoms with Crippen molar-refractivity contribution in [1.29, 1.82) is 0 Å². The Morgan fingerprint density at radius 1 is 1.04 bits per heavy atom. The Morgan fingerprint density at radius 3 is 2.43 bits per heavy atom. The minimum absolute atomic E-state index is 0.647. The van der Waals surface area contributed by atoms with Crippen LogP contribution in [-0.4, -0.2) is 20.4 Å². The van der Waals surface area contributed by atoms with Gasteiger partial charge in [0.25, 0.3) is 0 Å². The van der Waals surface area contributed by atoms with Crippen LogP contribution in [0.1, 0.15) is 36.0 Å². The second-order valence-corrected chi connectivity index (χ2v) is 6.35. The molecule has 0 saturated heterocycles. The summed E-state index contributed by atoms with van der Waals surface area (Å²) in [6.07, 6.45) is 2.90. The second-order valence-electron chi connectivity index (χ2n) is 5.97. The average Bonchev–Trinajstić information content (AvgIpc) is 2.87. The largest absolute Gasteiger partial charge is 0.281 e. The molecule has 0 bridgehead atoms. The van der Waals surface area contributed by atoms with E-state index in [9.17, 15) is 0 Å². The van der Waals surface area contributed by atoms with E-state index in [0.29, 0.717) is 5.88 Å². The van der Waals surface area contributed by atoms with Crippen LogP contribution in [-0.2, 0) is 12.8 Å². The lowest BCUT2D eigenvalue weighted by Crippen LogP contribution is -2.02. The van der Waals surface area contributed by atoms with Crippen molar-refractivity contribution in [3.63, 3.8) is 0 Å². The maximum Gasteiger partial charge on any atom is 0.165 e. The molecule has 120 valence electrons. The van der Waals surface area contributed by atoms with E-state index in [2.05, 4.69) is 48.7 Å². The van der Waals surface area contributed by atoms with Crippen LogP contribution in [0.2, 0.25) is 0 Å². The zero-order valence-electron chi connectivity index (χ0n) is 13.9. The molecular weight excluding hydrogens is 306 g/mol. The highest BCUT2D eigenvalue weighted by atomic mass is 35.5. The molecule has 2 aromatic heterocycles. The SMILES string of the molecule is CCCc1nc2c(C)cc(C)nc2n1-c1ccc(CCCl)cc1. The lowest BCUT2D eigenvalue weighted by Gasteiger charge is -2.09. The first-order valence-corrected chi connectivity index (χ1v) is 8.68. The third kappa shape index (κ3) is 3.11. The lowest BCUT2D eigenvalue weighted by molar-refractivity contribution is 0.815. The molecule has 0 saturated carbocycles. The Balaban J connectivity index is 2.19. The average molecular weight is 328 g/mol. The topological polar surface area (TPSA) is 30.7 Å². The standard InChI is InChI=1S/C19H22ClN3/c1-4-5-17-22-18-13(2)12-14(3)21-19(18)23(17)16-8-6-15(7-9-16)10-11-20/h6-9,12H,4-5,10-11H2,1-3H3. The summed E-state index contributed by atoms with van der Waals surface area (Å²) in [5, 5.41) is 0. The highest BCUT2D eigenvalue weighted by Gasteiger charge is 2.15. The number of rotatable bonds is 5. The van der Waals surface area contributed by atoms with E-state index >= 15 is 0 Å². The molecule has 3 rings (SSSR count). The van der Waals surface area contributed by atoms with Gasteiger partial charge in [0.05, 0.1) is 0 Å². The molecule has 0 spiro atoms. The lowest BCUT2D eigenvalue weighted by atomic mass is 10.1. The first kappa shape index (κ1) is 16.0. The number of halogens is 1. The Labute approximate surface area is 142 Å². The number of hydrogen-bond donors (Lipinski definition) is 0. The van der Waals surface area contributed by atoms with E-state index in [0.717, 1.165) is 47.6 Å². The molecule has 0 radical (unpaired) electrons. The van der Waals surface area contributed by atoms with Gasteiger partial charge in [-0.2, -0.15) is 0 Å². The minimum atomic E-state index is 0.647. The number of aromatic nitrogens is 3. The van der Waals surface area contributed by atoms with Crippen LogP contribution in [0.5, 0.6) is 0 Å². The number of pyridine rings is 1. The van der Waals surface area contributed by atoms with Crippen LogP contribution in [0.15, 0.2) is 30.3 Å². The summed E-state index contributed by atoms with van der Waals surface area (Å²) >= 11 is 5.83. The van der Waals surface area contributed by atoms with Crippen molar-refractivity contribution >= 4 is 22.8 Å². The van der Waals surface area contributed by atoms with Crippen LogP contribution in [0.25, 0.3) is 16.9 Å². The molecule has 0 N–H and O–H groups in total. The van der Waals surface area contributed by atoms with Gasteiger partial charge in [-0.15, -0.1) is 11.6 Å². The number of hydrogen-bond acceptors (Lipinski definition) is 2. The molecule has 2 heterocycles. The molecule has 0 aliphatic heterocycles. The predicted molar refractivity (Wildman–Crippen MR) is 96.8 cm³/mol. The van der Waals surface area contributed by atoms with Crippen LogP contribution in [0.3, 0.4) is 0 Å². The van der Waals surface area contributed by atoms with Crippen molar-refractivity contribution in [1.82, 2.24) is 14.5 Å². The van der Waals surface area contributed by atoms with Gasteiger partial charge in [0, 0.05) is 23.7 Å². The number of imidazole rings is 1. The molecular formula is C19H22ClN3. The van der Waals surface area contributed by atoms with Crippen molar-refractivity contribution < 1.29 is 0 Å². The number of alkyl halides is 1.